The summed E-state index contributed by atoms with van der Waals surface area (Å²) in [4.78, 5) is 12.5. The molecule has 5 heteroatoms. The molecule has 2 aromatic rings. The van der Waals surface area contributed by atoms with Crippen molar-refractivity contribution in [1.82, 2.24) is 0 Å². The van der Waals surface area contributed by atoms with Crippen molar-refractivity contribution in [3.05, 3.63) is 84.0 Å². The fraction of sp³-hybridized carbons (Fsp3) is 0.414. The number of fused-ring (bicyclic) bond motifs is 1. The summed E-state index contributed by atoms with van der Waals surface area (Å²) in [5.74, 6) is -0.362. The van der Waals surface area contributed by atoms with Gasteiger partial charge in [-0.3, -0.25) is 0 Å². The number of rotatable bonds is 7. The summed E-state index contributed by atoms with van der Waals surface area (Å²) in [6, 6.07) is 9.35. The van der Waals surface area contributed by atoms with E-state index in [4.69, 9.17) is 9.47 Å². The predicted molar refractivity (Wildman–Crippen MR) is 129 cm³/mol. The highest BCUT2D eigenvalue weighted by molar-refractivity contribution is 5.91. The van der Waals surface area contributed by atoms with Gasteiger partial charge in [-0.05, 0) is 105 Å². The molecule has 4 unspecified atom stereocenters. The van der Waals surface area contributed by atoms with Crippen molar-refractivity contribution in [2.45, 2.75) is 51.4 Å². The summed E-state index contributed by atoms with van der Waals surface area (Å²) in [7, 11) is 0. The molecule has 2 aliphatic carbocycles. The third-order valence-electron chi connectivity index (χ3n) is 7.38. The maximum absolute atomic E-state index is 15.1. The highest BCUT2D eigenvalue weighted by atomic mass is 19.2. The zero-order valence-electron chi connectivity index (χ0n) is 19.6. The van der Waals surface area contributed by atoms with Crippen LogP contribution in [0, 0.1) is 29.4 Å². The van der Waals surface area contributed by atoms with E-state index in [0.29, 0.717) is 35.7 Å². The van der Waals surface area contributed by atoms with Crippen LogP contribution in [0.2, 0.25) is 0 Å². The Morgan fingerprint density at radius 2 is 1.68 bits per heavy atom. The highest BCUT2D eigenvalue weighted by Crippen LogP contribution is 2.48. The lowest BCUT2D eigenvalue weighted by atomic mass is 9.64. The minimum absolute atomic E-state index is 0.0174. The van der Waals surface area contributed by atoms with E-state index in [1.165, 1.54) is 6.07 Å². The number of halogens is 2. The molecule has 2 aliphatic rings. The number of hydrogen-bond acceptors (Lipinski definition) is 3. The Labute approximate surface area is 200 Å². The van der Waals surface area contributed by atoms with Crippen molar-refractivity contribution in [2.75, 3.05) is 6.61 Å². The topological polar surface area (TPSA) is 35.5 Å². The second-order valence-corrected chi connectivity index (χ2v) is 9.41. The molecule has 3 nitrogen and oxygen atoms in total. The van der Waals surface area contributed by atoms with Gasteiger partial charge in [-0.2, -0.15) is 0 Å². The third-order valence-corrected chi connectivity index (χ3v) is 7.38. The molecular weight excluding hydrogens is 434 g/mol. The first-order chi connectivity index (χ1) is 16.5. The van der Waals surface area contributed by atoms with E-state index in [1.807, 2.05) is 19.1 Å². The van der Waals surface area contributed by atoms with Crippen LogP contribution in [0.3, 0.4) is 0 Å². The molecule has 0 bridgehead atoms. The van der Waals surface area contributed by atoms with Gasteiger partial charge in [0, 0.05) is 0 Å². The largest absolute Gasteiger partial charge is 0.490 e. The van der Waals surface area contributed by atoms with Crippen LogP contribution in [-0.2, 0) is 0 Å². The molecule has 2 fully saturated rings. The van der Waals surface area contributed by atoms with Gasteiger partial charge in [-0.15, -0.1) is 6.58 Å². The molecule has 2 aromatic carbocycles. The summed E-state index contributed by atoms with van der Waals surface area (Å²) in [6.45, 7) is 6.27. The van der Waals surface area contributed by atoms with Gasteiger partial charge in [-0.25, -0.2) is 13.6 Å². The number of hydrogen-bond donors (Lipinski definition) is 0. The highest BCUT2D eigenvalue weighted by Gasteiger charge is 2.36. The maximum Gasteiger partial charge on any atom is 0.346 e. The Kier molecular flexibility index (Phi) is 7.81. The zero-order valence-corrected chi connectivity index (χ0v) is 19.6. The summed E-state index contributed by atoms with van der Waals surface area (Å²) >= 11 is 0. The van der Waals surface area contributed by atoms with Crippen molar-refractivity contribution in [1.29, 1.82) is 0 Å². The smallest absolute Gasteiger partial charge is 0.346 e. The number of carbonyl (C=O) groups excluding carboxylic acids is 1. The SMILES string of the molecule is C=CC1CCC2CC(c3ccc(C(=O)Oc4ccc(OC/C=C/C)cc4)c(F)c3F)CCC2C1. The molecule has 4 atom stereocenters. The maximum atomic E-state index is 15.1. The molecule has 0 amide bonds. The first-order valence-electron chi connectivity index (χ1n) is 12.2. The van der Waals surface area contributed by atoms with Crippen LogP contribution < -0.4 is 9.47 Å². The molecule has 0 N–H and O–H groups in total. The Bertz CT molecular complexity index is 1040. The summed E-state index contributed by atoms with van der Waals surface area (Å²) in [5, 5.41) is 0. The molecular formula is C29H32F2O3. The van der Waals surface area contributed by atoms with E-state index in [0.717, 1.165) is 38.5 Å². The second kappa shape index (κ2) is 11.0. The van der Waals surface area contributed by atoms with Crippen LogP contribution in [0.4, 0.5) is 8.78 Å². The summed E-state index contributed by atoms with van der Waals surface area (Å²) < 4.78 is 40.8. The molecule has 0 saturated heterocycles. The van der Waals surface area contributed by atoms with Gasteiger partial charge in [0.05, 0.1) is 5.56 Å². The third kappa shape index (κ3) is 5.40. The fourth-order valence-corrected chi connectivity index (χ4v) is 5.47. The molecule has 4 rings (SSSR count). The van der Waals surface area contributed by atoms with E-state index in [-0.39, 0.29) is 11.7 Å². The zero-order chi connectivity index (χ0) is 24.1. The molecule has 2 saturated carbocycles. The van der Waals surface area contributed by atoms with Crippen molar-refractivity contribution >= 4 is 5.97 Å². The van der Waals surface area contributed by atoms with Gasteiger partial charge in [-0.1, -0.05) is 24.3 Å². The van der Waals surface area contributed by atoms with E-state index in [1.54, 1.807) is 30.3 Å². The van der Waals surface area contributed by atoms with Crippen LogP contribution in [-0.4, -0.2) is 12.6 Å². The van der Waals surface area contributed by atoms with Crippen molar-refractivity contribution in [2.24, 2.45) is 17.8 Å². The van der Waals surface area contributed by atoms with Crippen molar-refractivity contribution in [3.8, 4) is 11.5 Å². The number of carbonyl (C=O) groups is 1. The predicted octanol–water partition coefficient (Wildman–Crippen LogP) is 7.62. The number of esters is 1. The van der Waals surface area contributed by atoms with Gasteiger partial charge in [0.25, 0.3) is 0 Å². The van der Waals surface area contributed by atoms with Gasteiger partial charge in [0.15, 0.2) is 11.6 Å². The molecule has 0 spiro atoms. The minimum atomic E-state index is -1.13. The Hall–Kier alpha value is -2.95. The quantitative estimate of drug-likeness (QED) is 0.239. The molecule has 0 aromatic heterocycles. The molecule has 0 heterocycles. The van der Waals surface area contributed by atoms with Crippen LogP contribution in [0.5, 0.6) is 11.5 Å². The van der Waals surface area contributed by atoms with Gasteiger partial charge >= 0.3 is 5.97 Å². The standard InChI is InChI=1S/C29H32F2O3/c1-3-5-16-33-23-10-12-24(13-11-23)34-29(32)26-15-14-25(27(30)28(26)31)22-9-8-20-17-19(4-2)6-7-21(20)18-22/h3-5,10-15,19-22H,2,6-9,16-18H2,1H3/b5-3+. The fourth-order valence-electron chi connectivity index (χ4n) is 5.47. The molecule has 34 heavy (non-hydrogen) atoms. The first kappa shape index (κ1) is 24.2. The van der Waals surface area contributed by atoms with Crippen LogP contribution >= 0.6 is 0 Å². The molecule has 0 aliphatic heterocycles. The van der Waals surface area contributed by atoms with Crippen LogP contribution in [0.25, 0.3) is 0 Å². The second-order valence-electron chi connectivity index (χ2n) is 9.41. The van der Waals surface area contributed by atoms with Gasteiger partial charge in [0.1, 0.15) is 18.1 Å². The van der Waals surface area contributed by atoms with Crippen LogP contribution in [0.1, 0.15) is 67.3 Å². The van der Waals surface area contributed by atoms with E-state index < -0.39 is 23.2 Å². The minimum Gasteiger partial charge on any atom is -0.490 e. The van der Waals surface area contributed by atoms with E-state index in [9.17, 15) is 9.18 Å². The Morgan fingerprint density at radius 1 is 0.971 bits per heavy atom. The van der Waals surface area contributed by atoms with E-state index in [2.05, 4.69) is 12.7 Å². The lowest BCUT2D eigenvalue weighted by Crippen LogP contribution is -2.30. The van der Waals surface area contributed by atoms with Gasteiger partial charge in [0.2, 0.25) is 0 Å². The Morgan fingerprint density at radius 3 is 2.41 bits per heavy atom. The average molecular weight is 467 g/mol. The molecule has 180 valence electrons. The molecule has 0 radical (unpaired) electrons. The number of allylic oxidation sites excluding steroid dienone is 2. The lowest BCUT2D eigenvalue weighted by Gasteiger charge is -2.41. The lowest BCUT2D eigenvalue weighted by molar-refractivity contribution is 0.0728. The Balaban J connectivity index is 1.41. The monoisotopic (exact) mass is 466 g/mol. The summed E-state index contributed by atoms with van der Waals surface area (Å²) in [5.41, 5.74) is -0.0178. The summed E-state index contributed by atoms with van der Waals surface area (Å²) in [6.07, 6.45) is 12.0. The van der Waals surface area contributed by atoms with Crippen molar-refractivity contribution in [3.63, 3.8) is 0 Å². The van der Waals surface area contributed by atoms with Crippen LogP contribution in [0.15, 0.2) is 61.2 Å². The number of benzene rings is 2. The van der Waals surface area contributed by atoms with E-state index >= 15 is 4.39 Å². The number of ether oxygens (including phenoxy) is 2. The van der Waals surface area contributed by atoms with Gasteiger partial charge < -0.3 is 9.47 Å². The first-order valence-corrected chi connectivity index (χ1v) is 12.2. The van der Waals surface area contributed by atoms with Crippen molar-refractivity contribution < 1.29 is 23.0 Å². The normalized spacial score (nSPS) is 24.4. The average Bonchev–Trinajstić information content (AvgIpc) is 2.86.